The number of nitrogens with two attached hydrogens (primary N) is 1. The predicted molar refractivity (Wildman–Crippen MR) is 44.7 cm³/mol. The number of carbonyl (C=O) groups is 1. The van der Waals surface area contributed by atoms with E-state index in [0.717, 1.165) is 5.56 Å². The number of pyridine rings is 1. The van der Waals surface area contributed by atoms with Gasteiger partial charge in [-0.1, -0.05) is 0 Å². The minimum atomic E-state index is -0.434. The van der Waals surface area contributed by atoms with Gasteiger partial charge in [0.15, 0.2) is 0 Å². The van der Waals surface area contributed by atoms with E-state index in [-0.39, 0.29) is 12.4 Å². The highest BCUT2D eigenvalue weighted by atomic mass is 35.5. The molecule has 0 unspecified atom stereocenters. The van der Waals surface area contributed by atoms with Crippen LogP contribution in [0.5, 0.6) is 0 Å². The molecule has 0 spiro atoms. The molecule has 1 rings (SSSR count). The molecule has 4 heteroatoms. The van der Waals surface area contributed by atoms with Crippen LogP contribution >= 0.6 is 12.4 Å². The van der Waals surface area contributed by atoms with E-state index in [4.69, 9.17) is 5.73 Å². The van der Waals surface area contributed by atoms with Gasteiger partial charge < -0.3 is 5.73 Å². The van der Waals surface area contributed by atoms with Crippen LogP contribution in [-0.2, 0) is 0 Å². The summed E-state index contributed by atoms with van der Waals surface area (Å²) in [5.41, 5.74) is 6.40. The summed E-state index contributed by atoms with van der Waals surface area (Å²) in [6, 6.07) is 1.70. The minimum Gasteiger partial charge on any atom is -0.366 e. The molecule has 11 heavy (non-hydrogen) atoms. The molecule has 60 valence electrons. The van der Waals surface area contributed by atoms with Crippen molar-refractivity contribution in [2.45, 2.75) is 6.92 Å². The first-order chi connectivity index (χ1) is 4.70. The van der Waals surface area contributed by atoms with Crippen LogP contribution in [0.3, 0.4) is 0 Å². The Hall–Kier alpha value is -1.09. The highest BCUT2D eigenvalue weighted by Gasteiger charge is 1.97. The van der Waals surface area contributed by atoms with Crippen molar-refractivity contribution in [3.05, 3.63) is 29.6 Å². The molecule has 1 aromatic heterocycles. The van der Waals surface area contributed by atoms with Crippen LogP contribution in [0.15, 0.2) is 18.5 Å². The number of hydrogen-bond acceptors (Lipinski definition) is 2. The van der Waals surface area contributed by atoms with E-state index in [0.29, 0.717) is 5.56 Å². The van der Waals surface area contributed by atoms with Gasteiger partial charge in [-0.15, -0.1) is 12.4 Å². The Morgan fingerprint density at radius 3 is 2.55 bits per heavy atom. The molecule has 1 heterocycles. The summed E-state index contributed by atoms with van der Waals surface area (Å²) in [5.74, 6) is -0.434. The number of halogens is 1. The van der Waals surface area contributed by atoms with Gasteiger partial charge in [-0.25, -0.2) is 0 Å². The maximum atomic E-state index is 10.5. The molecule has 0 saturated carbocycles. The lowest BCUT2D eigenvalue weighted by molar-refractivity contribution is 0.1000. The Kier molecular flexibility index (Phi) is 3.54. The molecule has 2 N–H and O–H groups in total. The molecule has 0 saturated heterocycles. The van der Waals surface area contributed by atoms with E-state index >= 15 is 0 Å². The van der Waals surface area contributed by atoms with Crippen molar-refractivity contribution in [3.63, 3.8) is 0 Å². The molecule has 1 aromatic rings. The van der Waals surface area contributed by atoms with E-state index in [1.54, 1.807) is 12.3 Å². The van der Waals surface area contributed by atoms with Crippen LogP contribution < -0.4 is 5.73 Å². The van der Waals surface area contributed by atoms with E-state index < -0.39 is 5.91 Å². The normalized spacial score (nSPS) is 8.45. The number of hydrogen-bond donors (Lipinski definition) is 1. The summed E-state index contributed by atoms with van der Waals surface area (Å²) in [6.45, 7) is 1.86. The second kappa shape index (κ2) is 3.93. The van der Waals surface area contributed by atoms with Crippen molar-refractivity contribution in [1.29, 1.82) is 0 Å². The third-order valence-corrected chi connectivity index (χ3v) is 1.16. The summed E-state index contributed by atoms with van der Waals surface area (Å²) in [7, 11) is 0. The second-order valence-corrected chi connectivity index (χ2v) is 2.12. The Morgan fingerprint density at radius 1 is 1.55 bits per heavy atom. The lowest BCUT2D eigenvalue weighted by Gasteiger charge is -1.93. The van der Waals surface area contributed by atoms with Crippen molar-refractivity contribution in [3.8, 4) is 0 Å². The molecule has 0 aliphatic heterocycles. The fourth-order valence-corrected chi connectivity index (χ4v) is 0.690. The maximum absolute atomic E-state index is 10.5. The standard InChI is InChI=1S/C7H8N2O.ClH/c1-5-2-6(7(8)10)4-9-3-5;/h2-4H,1H3,(H2,8,10);1H. The molecule has 0 radical (unpaired) electrons. The highest BCUT2D eigenvalue weighted by molar-refractivity contribution is 5.92. The number of primary amides is 1. The van der Waals surface area contributed by atoms with Crippen LogP contribution in [0.2, 0.25) is 0 Å². The topological polar surface area (TPSA) is 56.0 Å². The summed E-state index contributed by atoms with van der Waals surface area (Å²) in [5, 5.41) is 0. The Labute approximate surface area is 71.0 Å². The quantitative estimate of drug-likeness (QED) is 0.685. The third-order valence-electron chi connectivity index (χ3n) is 1.16. The van der Waals surface area contributed by atoms with Gasteiger partial charge >= 0.3 is 0 Å². The van der Waals surface area contributed by atoms with Gasteiger partial charge in [0, 0.05) is 12.4 Å². The zero-order chi connectivity index (χ0) is 7.56. The predicted octanol–water partition coefficient (Wildman–Crippen LogP) is 0.911. The maximum Gasteiger partial charge on any atom is 0.250 e. The van der Waals surface area contributed by atoms with Crippen molar-refractivity contribution < 1.29 is 4.79 Å². The first-order valence-electron chi connectivity index (χ1n) is 2.91. The largest absolute Gasteiger partial charge is 0.366 e. The first-order valence-corrected chi connectivity index (χ1v) is 2.91. The molecular formula is C7H9ClN2O. The number of rotatable bonds is 1. The van der Waals surface area contributed by atoms with Crippen LogP contribution in [0.25, 0.3) is 0 Å². The Balaban J connectivity index is 0.000001000. The van der Waals surface area contributed by atoms with Crippen molar-refractivity contribution >= 4 is 18.3 Å². The van der Waals surface area contributed by atoms with E-state index in [1.165, 1.54) is 6.20 Å². The van der Waals surface area contributed by atoms with Crippen LogP contribution in [-0.4, -0.2) is 10.9 Å². The van der Waals surface area contributed by atoms with Gasteiger partial charge in [-0.2, -0.15) is 0 Å². The first kappa shape index (κ1) is 9.91. The van der Waals surface area contributed by atoms with Gasteiger partial charge in [-0.05, 0) is 18.6 Å². The fraction of sp³-hybridized carbons (Fsp3) is 0.143. The average molecular weight is 173 g/mol. The molecule has 0 aromatic carbocycles. The molecule has 0 fully saturated rings. The smallest absolute Gasteiger partial charge is 0.250 e. The number of aryl methyl sites for hydroxylation is 1. The van der Waals surface area contributed by atoms with Gasteiger partial charge in [0.25, 0.3) is 0 Å². The molecule has 0 aliphatic carbocycles. The third kappa shape index (κ3) is 2.55. The van der Waals surface area contributed by atoms with E-state index in [9.17, 15) is 4.79 Å². The molecule has 0 atom stereocenters. The van der Waals surface area contributed by atoms with Gasteiger partial charge in [-0.3, -0.25) is 9.78 Å². The van der Waals surface area contributed by atoms with Gasteiger partial charge in [0.2, 0.25) is 5.91 Å². The van der Waals surface area contributed by atoms with Crippen molar-refractivity contribution in [1.82, 2.24) is 4.98 Å². The lowest BCUT2D eigenvalue weighted by atomic mass is 10.2. The summed E-state index contributed by atoms with van der Waals surface area (Å²) < 4.78 is 0. The Bertz CT molecular complexity index is 262. The zero-order valence-electron chi connectivity index (χ0n) is 6.07. The molecule has 3 nitrogen and oxygen atoms in total. The lowest BCUT2D eigenvalue weighted by Crippen LogP contribution is -2.11. The second-order valence-electron chi connectivity index (χ2n) is 2.12. The SMILES string of the molecule is Cc1cncc(C(N)=O)c1.Cl. The average Bonchev–Trinajstić information content (AvgIpc) is 1.88. The number of carbonyl (C=O) groups excluding carboxylic acids is 1. The van der Waals surface area contributed by atoms with Crippen LogP contribution in [0.4, 0.5) is 0 Å². The molecule has 0 aliphatic rings. The molecular weight excluding hydrogens is 164 g/mol. The summed E-state index contributed by atoms with van der Waals surface area (Å²) in [6.07, 6.45) is 3.13. The van der Waals surface area contributed by atoms with Gasteiger partial charge in [0.05, 0.1) is 5.56 Å². The van der Waals surface area contributed by atoms with Crippen LogP contribution in [0.1, 0.15) is 15.9 Å². The van der Waals surface area contributed by atoms with Crippen LogP contribution in [0, 0.1) is 6.92 Å². The number of amides is 1. The highest BCUT2D eigenvalue weighted by Crippen LogP contribution is 1.98. The minimum absolute atomic E-state index is 0. The zero-order valence-corrected chi connectivity index (χ0v) is 6.89. The number of aromatic nitrogens is 1. The molecule has 0 bridgehead atoms. The van der Waals surface area contributed by atoms with E-state index in [2.05, 4.69) is 4.98 Å². The van der Waals surface area contributed by atoms with Crippen molar-refractivity contribution in [2.24, 2.45) is 5.73 Å². The fourth-order valence-electron chi connectivity index (χ4n) is 0.690. The van der Waals surface area contributed by atoms with E-state index in [1.807, 2.05) is 6.92 Å². The Morgan fingerprint density at radius 2 is 2.18 bits per heavy atom. The summed E-state index contributed by atoms with van der Waals surface area (Å²) in [4.78, 5) is 14.3. The molecule has 1 amide bonds. The summed E-state index contributed by atoms with van der Waals surface area (Å²) >= 11 is 0. The van der Waals surface area contributed by atoms with Crippen molar-refractivity contribution in [2.75, 3.05) is 0 Å². The number of nitrogens with zero attached hydrogens (tertiary/aromatic N) is 1. The monoisotopic (exact) mass is 172 g/mol. The van der Waals surface area contributed by atoms with Gasteiger partial charge in [0.1, 0.15) is 0 Å².